The minimum atomic E-state index is 0.633. The highest BCUT2D eigenvalue weighted by Gasteiger charge is 2.19. The van der Waals surface area contributed by atoms with E-state index in [-0.39, 0.29) is 0 Å². The summed E-state index contributed by atoms with van der Waals surface area (Å²) in [5, 5.41) is 3.31. The van der Waals surface area contributed by atoms with Gasteiger partial charge in [-0.1, -0.05) is 12.1 Å². The van der Waals surface area contributed by atoms with Crippen LogP contribution in [0.3, 0.4) is 0 Å². The number of benzene rings is 2. The number of methoxy groups -OCH3 is 2. The largest absolute Gasteiger partial charge is 0.497 e. The second-order valence-corrected chi connectivity index (χ2v) is 6.94. The summed E-state index contributed by atoms with van der Waals surface area (Å²) in [6.45, 7) is 0.660. The fourth-order valence-electron chi connectivity index (χ4n) is 2.86. The third-order valence-electron chi connectivity index (χ3n) is 4.30. The molecule has 0 saturated heterocycles. The van der Waals surface area contributed by atoms with Crippen molar-refractivity contribution < 1.29 is 9.47 Å². The van der Waals surface area contributed by atoms with Gasteiger partial charge in [0.1, 0.15) is 11.5 Å². The lowest BCUT2D eigenvalue weighted by Crippen LogP contribution is -2.07. The predicted octanol–water partition coefficient (Wildman–Crippen LogP) is 4.38. The molecule has 132 valence electrons. The lowest BCUT2D eigenvalue weighted by molar-refractivity contribution is 0.414. The number of fused-ring (bicyclic) bond motifs is 3. The number of hydrogen-bond donors (Lipinski definition) is 1. The zero-order chi connectivity index (χ0) is 17.9. The number of thioether (sulfide) groups is 1. The lowest BCUT2D eigenvalue weighted by Gasteiger charge is -2.19. The normalized spacial score (nSPS) is 12.1. The SMILES string of the molecule is COc1ccc(CNc2ncc3c(n2)-c2ccc(OC)cc2SC3)cc1. The van der Waals surface area contributed by atoms with Crippen molar-refractivity contribution in [3.63, 3.8) is 0 Å². The molecule has 1 N–H and O–H groups in total. The van der Waals surface area contributed by atoms with E-state index in [4.69, 9.17) is 14.5 Å². The van der Waals surface area contributed by atoms with Crippen LogP contribution in [0.25, 0.3) is 11.3 Å². The van der Waals surface area contributed by atoms with Gasteiger partial charge >= 0.3 is 0 Å². The molecular formula is C20H19N3O2S. The van der Waals surface area contributed by atoms with Crippen LogP contribution in [0.5, 0.6) is 11.5 Å². The number of ether oxygens (including phenoxy) is 2. The molecule has 4 rings (SSSR count). The van der Waals surface area contributed by atoms with E-state index < -0.39 is 0 Å². The van der Waals surface area contributed by atoms with E-state index in [0.29, 0.717) is 12.5 Å². The number of aromatic nitrogens is 2. The van der Waals surface area contributed by atoms with Crippen LogP contribution in [-0.4, -0.2) is 24.2 Å². The minimum absolute atomic E-state index is 0.633. The average Bonchev–Trinajstić information content (AvgIpc) is 2.71. The van der Waals surface area contributed by atoms with Gasteiger partial charge in [0.2, 0.25) is 5.95 Å². The molecule has 0 atom stereocenters. The van der Waals surface area contributed by atoms with Crippen LogP contribution >= 0.6 is 11.8 Å². The Morgan fingerprint density at radius 2 is 1.81 bits per heavy atom. The van der Waals surface area contributed by atoms with Crippen molar-refractivity contribution in [2.75, 3.05) is 19.5 Å². The van der Waals surface area contributed by atoms with Crippen LogP contribution < -0.4 is 14.8 Å². The van der Waals surface area contributed by atoms with Crippen LogP contribution in [0.15, 0.2) is 53.6 Å². The standard InChI is InChI=1S/C20H19N3O2S/c1-24-15-5-3-13(4-6-15)10-21-20-22-11-14-12-26-18-9-16(25-2)7-8-17(18)19(14)23-20/h3-9,11H,10,12H2,1-2H3,(H,21,22,23). The van der Waals surface area contributed by atoms with Crippen molar-refractivity contribution in [3.8, 4) is 22.8 Å². The molecule has 0 unspecified atom stereocenters. The molecular weight excluding hydrogens is 346 g/mol. The van der Waals surface area contributed by atoms with Crippen LogP contribution in [0.1, 0.15) is 11.1 Å². The van der Waals surface area contributed by atoms with Crippen molar-refractivity contribution in [1.29, 1.82) is 0 Å². The molecule has 0 amide bonds. The second kappa shape index (κ2) is 7.25. The molecule has 2 heterocycles. The number of hydrogen-bond acceptors (Lipinski definition) is 6. The molecule has 2 aromatic carbocycles. The Labute approximate surface area is 156 Å². The maximum atomic E-state index is 5.33. The first-order chi connectivity index (χ1) is 12.8. The molecule has 1 aliphatic heterocycles. The highest BCUT2D eigenvalue weighted by atomic mass is 32.2. The molecule has 0 saturated carbocycles. The highest BCUT2D eigenvalue weighted by molar-refractivity contribution is 7.98. The molecule has 1 aromatic heterocycles. The fraction of sp³-hybridized carbons (Fsp3) is 0.200. The quantitative estimate of drug-likeness (QED) is 0.724. The first-order valence-electron chi connectivity index (χ1n) is 8.31. The van der Waals surface area contributed by atoms with Crippen molar-refractivity contribution in [2.45, 2.75) is 17.2 Å². The number of anilines is 1. The summed E-state index contributed by atoms with van der Waals surface area (Å²) >= 11 is 1.79. The zero-order valence-electron chi connectivity index (χ0n) is 14.7. The maximum absolute atomic E-state index is 5.33. The van der Waals surface area contributed by atoms with E-state index in [1.807, 2.05) is 36.5 Å². The Morgan fingerprint density at radius 1 is 1.04 bits per heavy atom. The number of nitrogens with one attached hydrogen (secondary N) is 1. The molecule has 3 aromatic rings. The van der Waals surface area contributed by atoms with Gasteiger partial charge in [-0.3, -0.25) is 0 Å². The monoisotopic (exact) mass is 365 g/mol. The molecule has 0 spiro atoms. The van der Waals surface area contributed by atoms with Crippen molar-refractivity contribution in [1.82, 2.24) is 9.97 Å². The topological polar surface area (TPSA) is 56.3 Å². The van der Waals surface area contributed by atoms with E-state index in [9.17, 15) is 0 Å². The van der Waals surface area contributed by atoms with E-state index >= 15 is 0 Å². The molecule has 5 nitrogen and oxygen atoms in total. The van der Waals surface area contributed by atoms with Gasteiger partial charge in [-0.25, -0.2) is 9.97 Å². The van der Waals surface area contributed by atoms with Crippen LogP contribution in [0, 0.1) is 0 Å². The average molecular weight is 365 g/mol. The summed E-state index contributed by atoms with van der Waals surface area (Å²) in [6.07, 6.45) is 1.92. The van der Waals surface area contributed by atoms with Gasteiger partial charge in [0, 0.05) is 34.5 Å². The van der Waals surface area contributed by atoms with Gasteiger partial charge in [-0.2, -0.15) is 0 Å². The summed E-state index contributed by atoms with van der Waals surface area (Å²) in [7, 11) is 3.35. The Balaban J connectivity index is 1.56. The van der Waals surface area contributed by atoms with E-state index in [1.165, 1.54) is 4.90 Å². The van der Waals surface area contributed by atoms with Crippen molar-refractivity contribution in [3.05, 3.63) is 59.8 Å². The van der Waals surface area contributed by atoms with Crippen molar-refractivity contribution in [2.24, 2.45) is 0 Å². The molecule has 0 aliphatic carbocycles. The van der Waals surface area contributed by atoms with E-state index in [0.717, 1.165) is 39.6 Å². The van der Waals surface area contributed by atoms with Gasteiger partial charge in [0.15, 0.2) is 0 Å². The smallest absolute Gasteiger partial charge is 0.223 e. The summed E-state index contributed by atoms with van der Waals surface area (Å²) in [4.78, 5) is 10.4. The van der Waals surface area contributed by atoms with Crippen LogP contribution in [0.2, 0.25) is 0 Å². The first-order valence-corrected chi connectivity index (χ1v) is 9.29. The third kappa shape index (κ3) is 3.32. The summed E-state index contributed by atoms with van der Waals surface area (Å²) in [5.74, 6) is 3.22. The first kappa shape index (κ1) is 16.7. The number of rotatable bonds is 5. The molecule has 0 fully saturated rings. The minimum Gasteiger partial charge on any atom is -0.497 e. The maximum Gasteiger partial charge on any atom is 0.223 e. The molecule has 1 aliphatic rings. The number of nitrogens with zero attached hydrogens (tertiary/aromatic N) is 2. The zero-order valence-corrected chi connectivity index (χ0v) is 15.5. The molecule has 6 heteroatoms. The Bertz CT molecular complexity index is 929. The Kier molecular flexibility index (Phi) is 4.67. The van der Waals surface area contributed by atoms with Gasteiger partial charge in [-0.05, 0) is 35.9 Å². The second-order valence-electron chi connectivity index (χ2n) is 5.92. The van der Waals surface area contributed by atoms with Gasteiger partial charge in [-0.15, -0.1) is 11.8 Å². The van der Waals surface area contributed by atoms with Gasteiger partial charge < -0.3 is 14.8 Å². The van der Waals surface area contributed by atoms with Crippen LogP contribution in [-0.2, 0) is 12.3 Å². The van der Waals surface area contributed by atoms with E-state index in [2.05, 4.69) is 22.4 Å². The van der Waals surface area contributed by atoms with Crippen LogP contribution in [0.4, 0.5) is 5.95 Å². The fourth-order valence-corrected chi connectivity index (χ4v) is 3.90. The Hall–Kier alpha value is -2.73. The molecule has 26 heavy (non-hydrogen) atoms. The summed E-state index contributed by atoms with van der Waals surface area (Å²) in [6, 6.07) is 14.1. The lowest BCUT2D eigenvalue weighted by atomic mass is 10.1. The van der Waals surface area contributed by atoms with E-state index in [1.54, 1.807) is 26.0 Å². The molecule has 0 radical (unpaired) electrons. The van der Waals surface area contributed by atoms with Gasteiger partial charge in [0.25, 0.3) is 0 Å². The summed E-state index contributed by atoms with van der Waals surface area (Å²) in [5.41, 5.74) is 4.43. The third-order valence-corrected chi connectivity index (χ3v) is 5.41. The highest BCUT2D eigenvalue weighted by Crippen LogP contribution is 2.42. The van der Waals surface area contributed by atoms with Crippen molar-refractivity contribution >= 4 is 17.7 Å². The molecule has 0 bridgehead atoms. The predicted molar refractivity (Wildman–Crippen MR) is 104 cm³/mol. The Morgan fingerprint density at radius 3 is 2.58 bits per heavy atom. The van der Waals surface area contributed by atoms with Gasteiger partial charge in [0.05, 0.1) is 19.9 Å². The summed E-state index contributed by atoms with van der Waals surface area (Å²) < 4.78 is 10.5.